The highest BCUT2D eigenvalue weighted by Gasteiger charge is 1.86. The highest BCUT2D eigenvalue weighted by molar-refractivity contribution is 7.10. The average Bonchev–Trinajstić information content (AvgIpc) is 2.57. The lowest BCUT2D eigenvalue weighted by atomic mass is 10.2. The zero-order valence-electron chi connectivity index (χ0n) is 7.49. The van der Waals surface area contributed by atoms with E-state index in [-0.39, 0.29) is 0 Å². The molecular formula is C10H15NS. The normalized spacial score (nSPS) is 11.1. The molecule has 0 amide bonds. The second-order valence-electron chi connectivity index (χ2n) is 2.80. The van der Waals surface area contributed by atoms with Gasteiger partial charge in [-0.25, -0.2) is 0 Å². The quantitative estimate of drug-likeness (QED) is 0.631. The minimum Gasteiger partial charge on any atom is -0.253 e. The lowest BCUT2D eigenvalue weighted by Gasteiger charge is -1.90. The van der Waals surface area contributed by atoms with Gasteiger partial charge >= 0.3 is 0 Å². The summed E-state index contributed by atoms with van der Waals surface area (Å²) in [5, 5.41) is 0. The van der Waals surface area contributed by atoms with Crippen molar-refractivity contribution < 1.29 is 0 Å². The number of hydrogen-bond acceptors (Lipinski definition) is 2. The fourth-order valence-electron chi connectivity index (χ4n) is 1.02. The van der Waals surface area contributed by atoms with Gasteiger partial charge in [0, 0.05) is 11.1 Å². The van der Waals surface area contributed by atoms with Crippen molar-refractivity contribution in [2.75, 3.05) is 0 Å². The maximum absolute atomic E-state index is 4.00. The molecule has 0 bridgehead atoms. The topological polar surface area (TPSA) is 12.9 Å². The van der Waals surface area contributed by atoms with Crippen LogP contribution in [0.5, 0.6) is 0 Å². The Morgan fingerprint density at radius 1 is 1.50 bits per heavy atom. The number of allylic oxidation sites excluding steroid dienone is 1. The van der Waals surface area contributed by atoms with Crippen LogP contribution in [0.3, 0.4) is 0 Å². The first-order valence-electron chi connectivity index (χ1n) is 4.48. The van der Waals surface area contributed by atoms with E-state index in [0.29, 0.717) is 0 Å². The van der Waals surface area contributed by atoms with Crippen LogP contribution in [0.2, 0.25) is 0 Å². The number of aromatic nitrogens is 1. The van der Waals surface area contributed by atoms with Gasteiger partial charge in [0.05, 0.1) is 5.51 Å². The Morgan fingerprint density at radius 3 is 3.08 bits per heavy atom. The standard InChI is InChI=1S/C10H15NS/c1-2-3-4-5-6-7-10-8-11-9-12-10/h6-9H,2-5H2,1H3. The Balaban J connectivity index is 2.14. The Morgan fingerprint density at radius 2 is 2.42 bits per heavy atom. The summed E-state index contributed by atoms with van der Waals surface area (Å²) in [5.74, 6) is 0. The van der Waals surface area contributed by atoms with Crippen molar-refractivity contribution in [2.24, 2.45) is 0 Å². The van der Waals surface area contributed by atoms with E-state index in [1.54, 1.807) is 11.3 Å². The van der Waals surface area contributed by atoms with Crippen LogP contribution in [0.1, 0.15) is 37.5 Å². The van der Waals surface area contributed by atoms with Gasteiger partial charge in [-0.1, -0.05) is 25.8 Å². The Hall–Kier alpha value is -0.630. The summed E-state index contributed by atoms with van der Waals surface area (Å²) in [6.45, 7) is 2.23. The highest BCUT2D eigenvalue weighted by atomic mass is 32.1. The molecule has 0 saturated carbocycles. The van der Waals surface area contributed by atoms with Gasteiger partial charge in [-0.05, 0) is 18.9 Å². The van der Waals surface area contributed by atoms with Gasteiger partial charge in [-0.15, -0.1) is 11.3 Å². The molecule has 1 aromatic rings. The molecule has 0 N–H and O–H groups in total. The lowest BCUT2D eigenvalue weighted by molar-refractivity contribution is 0.730. The van der Waals surface area contributed by atoms with Crippen LogP contribution in [-0.4, -0.2) is 4.98 Å². The summed E-state index contributed by atoms with van der Waals surface area (Å²) in [6, 6.07) is 0. The first-order chi connectivity index (χ1) is 5.93. The lowest BCUT2D eigenvalue weighted by Crippen LogP contribution is -1.70. The molecule has 1 rings (SSSR count). The van der Waals surface area contributed by atoms with Crippen LogP contribution in [-0.2, 0) is 0 Å². The predicted octanol–water partition coefficient (Wildman–Crippen LogP) is 3.74. The monoisotopic (exact) mass is 181 g/mol. The molecule has 1 heterocycles. The smallest absolute Gasteiger partial charge is 0.0797 e. The van der Waals surface area contributed by atoms with E-state index in [4.69, 9.17) is 0 Å². The zero-order valence-corrected chi connectivity index (χ0v) is 8.31. The van der Waals surface area contributed by atoms with Crippen LogP contribution >= 0.6 is 11.3 Å². The van der Waals surface area contributed by atoms with Gasteiger partial charge < -0.3 is 0 Å². The van der Waals surface area contributed by atoms with Crippen molar-refractivity contribution in [3.8, 4) is 0 Å². The summed E-state index contributed by atoms with van der Waals surface area (Å²) in [6.07, 6.45) is 11.5. The molecule has 12 heavy (non-hydrogen) atoms. The predicted molar refractivity (Wildman–Crippen MR) is 55.3 cm³/mol. The Labute approximate surface area is 78.2 Å². The third-order valence-electron chi connectivity index (χ3n) is 1.71. The largest absolute Gasteiger partial charge is 0.253 e. The van der Waals surface area contributed by atoms with E-state index >= 15 is 0 Å². The highest BCUT2D eigenvalue weighted by Crippen LogP contribution is 2.09. The van der Waals surface area contributed by atoms with Crippen molar-refractivity contribution in [2.45, 2.75) is 32.6 Å². The molecular weight excluding hydrogens is 166 g/mol. The molecule has 0 aromatic carbocycles. The van der Waals surface area contributed by atoms with Crippen molar-refractivity contribution >= 4 is 17.4 Å². The summed E-state index contributed by atoms with van der Waals surface area (Å²) >= 11 is 1.69. The van der Waals surface area contributed by atoms with Crippen LogP contribution in [0.25, 0.3) is 6.08 Å². The minimum atomic E-state index is 1.20. The van der Waals surface area contributed by atoms with Gasteiger partial charge in [-0.3, -0.25) is 4.98 Å². The third kappa shape index (κ3) is 3.67. The van der Waals surface area contributed by atoms with E-state index in [2.05, 4.69) is 24.1 Å². The molecule has 0 spiro atoms. The molecule has 0 aliphatic carbocycles. The summed E-state index contributed by atoms with van der Waals surface area (Å²) in [7, 11) is 0. The zero-order chi connectivity index (χ0) is 8.65. The molecule has 2 heteroatoms. The number of rotatable bonds is 5. The molecule has 1 aromatic heterocycles. The van der Waals surface area contributed by atoms with Crippen molar-refractivity contribution in [3.63, 3.8) is 0 Å². The third-order valence-corrected chi connectivity index (χ3v) is 2.45. The van der Waals surface area contributed by atoms with Crippen LogP contribution < -0.4 is 0 Å². The molecule has 0 fully saturated rings. The van der Waals surface area contributed by atoms with Gasteiger partial charge in [0.25, 0.3) is 0 Å². The Kier molecular flexibility index (Phi) is 4.69. The number of hydrogen-bond donors (Lipinski definition) is 0. The molecule has 0 unspecified atom stereocenters. The van der Waals surface area contributed by atoms with E-state index < -0.39 is 0 Å². The maximum Gasteiger partial charge on any atom is 0.0797 e. The van der Waals surface area contributed by atoms with Crippen molar-refractivity contribution in [3.05, 3.63) is 22.7 Å². The molecule has 0 radical (unpaired) electrons. The second kappa shape index (κ2) is 5.95. The minimum absolute atomic E-state index is 1.20. The van der Waals surface area contributed by atoms with E-state index in [9.17, 15) is 0 Å². The van der Waals surface area contributed by atoms with E-state index in [1.807, 2.05) is 11.7 Å². The van der Waals surface area contributed by atoms with E-state index in [0.717, 1.165) is 0 Å². The van der Waals surface area contributed by atoms with Gasteiger partial charge in [-0.2, -0.15) is 0 Å². The Bertz CT molecular complexity index is 214. The summed E-state index contributed by atoms with van der Waals surface area (Å²) in [4.78, 5) is 5.26. The molecule has 0 aliphatic rings. The van der Waals surface area contributed by atoms with Gasteiger partial charge in [0.15, 0.2) is 0 Å². The molecule has 0 atom stereocenters. The molecule has 1 nitrogen and oxygen atoms in total. The SMILES string of the molecule is CCCCCC=Cc1cncs1. The molecule has 0 saturated heterocycles. The van der Waals surface area contributed by atoms with Crippen LogP contribution in [0, 0.1) is 0 Å². The maximum atomic E-state index is 4.00. The van der Waals surface area contributed by atoms with Crippen LogP contribution in [0.15, 0.2) is 17.8 Å². The fraction of sp³-hybridized carbons (Fsp3) is 0.500. The molecule has 0 aliphatic heterocycles. The number of nitrogens with zero attached hydrogens (tertiary/aromatic N) is 1. The average molecular weight is 181 g/mol. The van der Waals surface area contributed by atoms with Gasteiger partial charge in [0.2, 0.25) is 0 Å². The van der Waals surface area contributed by atoms with Crippen molar-refractivity contribution in [1.82, 2.24) is 4.98 Å². The summed E-state index contributed by atoms with van der Waals surface area (Å²) in [5.41, 5.74) is 1.87. The van der Waals surface area contributed by atoms with Crippen molar-refractivity contribution in [1.29, 1.82) is 0 Å². The number of thiazole rings is 1. The van der Waals surface area contributed by atoms with Crippen LogP contribution in [0.4, 0.5) is 0 Å². The van der Waals surface area contributed by atoms with Gasteiger partial charge in [0.1, 0.15) is 0 Å². The molecule has 66 valence electrons. The van der Waals surface area contributed by atoms with E-state index in [1.165, 1.54) is 30.6 Å². The first kappa shape index (κ1) is 9.46. The number of unbranched alkanes of at least 4 members (excludes halogenated alkanes) is 3. The first-order valence-corrected chi connectivity index (χ1v) is 5.36. The second-order valence-corrected chi connectivity index (χ2v) is 3.72. The summed E-state index contributed by atoms with van der Waals surface area (Å²) < 4.78 is 0. The fourth-order valence-corrected chi connectivity index (χ4v) is 1.56.